The highest BCUT2D eigenvalue weighted by molar-refractivity contribution is 6.30. The van der Waals surface area contributed by atoms with E-state index < -0.39 is 0 Å². The molecule has 4 nitrogen and oxygen atoms in total. The van der Waals surface area contributed by atoms with E-state index in [1.54, 1.807) is 0 Å². The Morgan fingerprint density at radius 3 is 2.70 bits per heavy atom. The second kappa shape index (κ2) is 8.02. The number of guanidine groups is 1. The van der Waals surface area contributed by atoms with Crippen LogP contribution in [0.5, 0.6) is 0 Å². The van der Waals surface area contributed by atoms with Gasteiger partial charge >= 0.3 is 0 Å². The van der Waals surface area contributed by atoms with Gasteiger partial charge < -0.3 is 15.5 Å². The van der Waals surface area contributed by atoms with E-state index in [0.717, 1.165) is 36.0 Å². The fourth-order valence-corrected chi connectivity index (χ4v) is 3.27. The predicted molar refractivity (Wildman–Crippen MR) is 97.0 cm³/mol. The molecular weight excluding hydrogens is 308 g/mol. The van der Waals surface area contributed by atoms with Crippen LogP contribution in [-0.4, -0.2) is 43.1 Å². The molecule has 5 heteroatoms. The van der Waals surface area contributed by atoms with Crippen molar-refractivity contribution in [3.8, 4) is 0 Å². The molecule has 1 aromatic rings. The van der Waals surface area contributed by atoms with Crippen molar-refractivity contribution in [2.24, 2.45) is 10.9 Å². The summed E-state index contributed by atoms with van der Waals surface area (Å²) in [5, 5.41) is 7.61. The summed E-state index contributed by atoms with van der Waals surface area (Å²) in [4.78, 5) is 7.34. The van der Waals surface area contributed by atoms with Gasteiger partial charge in [0.05, 0.1) is 6.54 Å². The first-order valence-electron chi connectivity index (χ1n) is 8.75. The molecule has 1 aliphatic carbocycles. The number of benzene rings is 1. The molecule has 0 radical (unpaired) electrons. The summed E-state index contributed by atoms with van der Waals surface area (Å²) in [5.41, 5.74) is 1.17. The number of nitrogens with zero attached hydrogens (tertiary/aromatic N) is 2. The standard InChI is InChI=1S/C18H27ClN4/c1-2-20-18(21-11-14-3-5-16(19)6-4-14)22-12-15-9-10-23(13-15)17-7-8-17/h3-6,15,17H,2,7-13H2,1H3,(H2,20,21,22). The Labute approximate surface area is 144 Å². The number of rotatable bonds is 6. The number of aliphatic imine (C=N–C) groups is 1. The van der Waals surface area contributed by atoms with E-state index in [2.05, 4.69) is 27.4 Å². The second-order valence-electron chi connectivity index (χ2n) is 6.58. The Morgan fingerprint density at radius 1 is 1.22 bits per heavy atom. The Morgan fingerprint density at radius 2 is 2.00 bits per heavy atom. The quantitative estimate of drug-likeness (QED) is 0.620. The lowest BCUT2D eigenvalue weighted by Crippen LogP contribution is -2.40. The summed E-state index contributed by atoms with van der Waals surface area (Å²) in [6, 6.07) is 8.78. The minimum absolute atomic E-state index is 0.672. The first-order valence-corrected chi connectivity index (χ1v) is 9.13. The number of hydrogen-bond acceptors (Lipinski definition) is 2. The highest BCUT2D eigenvalue weighted by Crippen LogP contribution is 2.31. The van der Waals surface area contributed by atoms with Crippen LogP contribution in [0.15, 0.2) is 29.3 Å². The van der Waals surface area contributed by atoms with E-state index in [1.807, 2.05) is 24.3 Å². The summed E-state index contributed by atoms with van der Waals surface area (Å²) in [7, 11) is 0. The molecule has 1 saturated heterocycles. The van der Waals surface area contributed by atoms with Crippen molar-refractivity contribution in [1.29, 1.82) is 0 Å². The Bertz CT molecular complexity index is 524. The number of nitrogens with one attached hydrogen (secondary N) is 2. The van der Waals surface area contributed by atoms with Crippen LogP contribution in [0.1, 0.15) is 31.7 Å². The summed E-state index contributed by atoms with van der Waals surface area (Å²) >= 11 is 5.92. The first-order chi connectivity index (χ1) is 11.2. The minimum atomic E-state index is 0.672. The third-order valence-corrected chi connectivity index (χ3v) is 4.87. The molecule has 0 amide bonds. The predicted octanol–water partition coefficient (Wildman–Crippen LogP) is 2.88. The molecular formula is C18H27ClN4. The molecule has 2 N–H and O–H groups in total. The number of likely N-dealkylation sites (tertiary alicyclic amines) is 1. The van der Waals surface area contributed by atoms with E-state index in [1.165, 1.54) is 37.9 Å². The van der Waals surface area contributed by atoms with Crippen LogP contribution in [0.2, 0.25) is 5.02 Å². The SMILES string of the molecule is CCNC(=NCc1ccc(Cl)cc1)NCC1CCN(C2CC2)C1. The minimum Gasteiger partial charge on any atom is -0.357 e. The van der Waals surface area contributed by atoms with Crippen LogP contribution < -0.4 is 10.6 Å². The zero-order valence-electron chi connectivity index (χ0n) is 13.9. The summed E-state index contributed by atoms with van der Waals surface area (Å²) in [5.74, 6) is 1.65. The van der Waals surface area contributed by atoms with Crippen LogP contribution in [-0.2, 0) is 6.54 Å². The van der Waals surface area contributed by atoms with Crippen LogP contribution in [0.25, 0.3) is 0 Å². The lowest BCUT2D eigenvalue weighted by molar-refractivity contribution is 0.314. The maximum atomic E-state index is 5.92. The zero-order chi connectivity index (χ0) is 16.1. The van der Waals surface area contributed by atoms with Gasteiger partial charge in [-0.3, -0.25) is 0 Å². The second-order valence-corrected chi connectivity index (χ2v) is 7.02. The molecule has 1 aliphatic heterocycles. The van der Waals surface area contributed by atoms with E-state index >= 15 is 0 Å². The summed E-state index contributed by atoms with van der Waals surface area (Å²) in [6.45, 7) is 7.18. The van der Waals surface area contributed by atoms with E-state index in [4.69, 9.17) is 11.6 Å². The van der Waals surface area contributed by atoms with Crippen molar-refractivity contribution < 1.29 is 0 Å². The van der Waals surface area contributed by atoms with Gasteiger partial charge in [-0.15, -0.1) is 0 Å². The first kappa shape index (κ1) is 16.6. The van der Waals surface area contributed by atoms with Crippen LogP contribution in [0.4, 0.5) is 0 Å². The van der Waals surface area contributed by atoms with E-state index in [0.29, 0.717) is 6.54 Å². The van der Waals surface area contributed by atoms with Gasteiger partial charge in [0, 0.05) is 30.7 Å². The molecule has 0 spiro atoms. The normalized spacial score (nSPS) is 22.3. The number of halogens is 1. The van der Waals surface area contributed by atoms with Gasteiger partial charge in [-0.25, -0.2) is 4.99 Å². The van der Waals surface area contributed by atoms with Crippen molar-refractivity contribution >= 4 is 17.6 Å². The maximum absolute atomic E-state index is 5.92. The Kier molecular flexibility index (Phi) is 5.79. The topological polar surface area (TPSA) is 39.7 Å². The van der Waals surface area contributed by atoms with Crippen LogP contribution in [0.3, 0.4) is 0 Å². The van der Waals surface area contributed by atoms with Crippen molar-refractivity contribution in [2.75, 3.05) is 26.2 Å². The molecule has 0 aromatic heterocycles. The lowest BCUT2D eigenvalue weighted by atomic mass is 10.1. The molecule has 1 atom stereocenters. The molecule has 1 heterocycles. The van der Waals surface area contributed by atoms with Gasteiger partial charge in [-0.05, 0) is 56.3 Å². The van der Waals surface area contributed by atoms with Gasteiger partial charge in [0.2, 0.25) is 0 Å². The zero-order valence-corrected chi connectivity index (χ0v) is 14.6. The van der Waals surface area contributed by atoms with Crippen molar-refractivity contribution in [1.82, 2.24) is 15.5 Å². The Balaban J connectivity index is 1.47. The van der Waals surface area contributed by atoms with Gasteiger partial charge in [0.1, 0.15) is 0 Å². The molecule has 126 valence electrons. The van der Waals surface area contributed by atoms with Crippen LogP contribution in [0, 0.1) is 5.92 Å². The fourth-order valence-electron chi connectivity index (χ4n) is 3.14. The average molecular weight is 335 g/mol. The van der Waals surface area contributed by atoms with Gasteiger partial charge in [0.25, 0.3) is 0 Å². The van der Waals surface area contributed by atoms with Gasteiger partial charge in [0.15, 0.2) is 5.96 Å². The molecule has 2 fully saturated rings. The van der Waals surface area contributed by atoms with Gasteiger partial charge in [-0.1, -0.05) is 23.7 Å². The lowest BCUT2D eigenvalue weighted by Gasteiger charge is -2.17. The Hall–Kier alpha value is -1.26. The largest absolute Gasteiger partial charge is 0.357 e. The molecule has 2 aliphatic rings. The molecule has 1 saturated carbocycles. The van der Waals surface area contributed by atoms with E-state index in [-0.39, 0.29) is 0 Å². The maximum Gasteiger partial charge on any atom is 0.191 e. The highest BCUT2D eigenvalue weighted by atomic mass is 35.5. The highest BCUT2D eigenvalue weighted by Gasteiger charge is 2.34. The van der Waals surface area contributed by atoms with Crippen molar-refractivity contribution in [2.45, 2.75) is 38.8 Å². The van der Waals surface area contributed by atoms with Crippen molar-refractivity contribution in [3.63, 3.8) is 0 Å². The van der Waals surface area contributed by atoms with Gasteiger partial charge in [-0.2, -0.15) is 0 Å². The third-order valence-electron chi connectivity index (χ3n) is 4.62. The summed E-state index contributed by atoms with van der Waals surface area (Å²) in [6.07, 6.45) is 4.12. The molecule has 23 heavy (non-hydrogen) atoms. The third kappa shape index (κ3) is 5.11. The van der Waals surface area contributed by atoms with Crippen molar-refractivity contribution in [3.05, 3.63) is 34.9 Å². The molecule has 0 bridgehead atoms. The smallest absolute Gasteiger partial charge is 0.191 e. The number of hydrogen-bond donors (Lipinski definition) is 2. The molecule has 1 aromatic carbocycles. The molecule has 1 unspecified atom stereocenters. The molecule has 3 rings (SSSR count). The van der Waals surface area contributed by atoms with Crippen LogP contribution >= 0.6 is 11.6 Å². The average Bonchev–Trinajstić information content (AvgIpc) is 3.30. The van der Waals surface area contributed by atoms with E-state index in [9.17, 15) is 0 Å². The summed E-state index contributed by atoms with van der Waals surface area (Å²) < 4.78 is 0. The monoisotopic (exact) mass is 334 g/mol. The fraction of sp³-hybridized carbons (Fsp3) is 0.611.